The molecule has 5 heteroatoms. The highest BCUT2D eigenvalue weighted by Crippen LogP contribution is 2.15. The summed E-state index contributed by atoms with van der Waals surface area (Å²) in [4.78, 5) is 15.7. The Morgan fingerprint density at radius 3 is 2.80 bits per heavy atom. The van der Waals surface area contributed by atoms with E-state index in [0.29, 0.717) is 19.1 Å². The average Bonchev–Trinajstić information content (AvgIpc) is 2.88. The van der Waals surface area contributed by atoms with Crippen LogP contribution in [0.2, 0.25) is 0 Å². The largest absolute Gasteiger partial charge is 0.465 e. The van der Waals surface area contributed by atoms with Crippen molar-refractivity contribution in [2.45, 2.75) is 25.4 Å². The van der Waals surface area contributed by atoms with Crippen LogP contribution < -0.4 is 5.32 Å². The van der Waals surface area contributed by atoms with Gasteiger partial charge >= 0.3 is 6.09 Å². The fourth-order valence-corrected chi connectivity index (χ4v) is 2.76. The first kappa shape index (κ1) is 13.0. The molecule has 0 spiro atoms. The Morgan fingerprint density at radius 2 is 2.10 bits per heavy atom. The Hall–Kier alpha value is -2.01. The van der Waals surface area contributed by atoms with Gasteiger partial charge in [-0.05, 0) is 30.4 Å². The molecule has 0 saturated carbocycles. The topological polar surface area (TPSA) is 68.4 Å². The number of rotatable bonds is 3. The number of aromatic amines is 1. The van der Waals surface area contributed by atoms with Crippen LogP contribution in [0.1, 0.15) is 18.5 Å². The Labute approximate surface area is 117 Å². The number of piperidine rings is 1. The lowest BCUT2D eigenvalue weighted by Gasteiger charge is -2.30. The van der Waals surface area contributed by atoms with Gasteiger partial charge in [-0.3, -0.25) is 0 Å². The summed E-state index contributed by atoms with van der Waals surface area (Å²) < 4.78 is 0. The number of likely N-dealkylation sites (tertiary alicyclic amines) is 1. The predicted octanol–water partition coefficient (Wildman–Crippen LogP) is 2.40. The van der Waals surface area contributed by atoms with Gasteiger partial charge in [-0.15, -0.1) is 0 Å². The van der Waals surface area contributed by atoms with E-state index in [0.717, 1.165) is 24.9 Å². The number of fused-ring (bicyclic) bond motifs is 1. The van der Waals surface area contributed by atoms with Crippen LogP contribution in [0.3, 0.4) is 0 Å². The van der Waals surface area contributed by atoms with Crippen molar-refractivity contribution in [3.63, 3.8) is 0 Å². The summed E-state index contributed by atoms with van der Waals surface area (Å²) in [6, 6.07) is 10.8. The van der Waals surface area contributed by atoms with Gasteiger partial charge in [-0.2, -0.15) is 0 Å². The normalized spacial score (nSPS) is 16.7. The van der Waals surface area contributed by atoms with E-state index in [4.69, 9.17) is 5.11 Å². The second-order valence-corrected chi connectivity index (χ2v) is 5.31. The molecule has 1 aliphatic rings. The van der Waals surface area contributed by atoms with Gasteiger partial charge in [0, 0.05) is 36.9 Å². The van der Waals surface area contributed by atoms with Gasteiger partial charge in [0.15, 0.2) is 0 Å². The fourth-order valence-electron chi connectivity index (χ4n) is 2.76. The van der Waals surface area contributed by atoms with Crippen LogP contribution in [0.5, 0.6) is 0 Å². The molecule has 1 aromatic heterocycles. The molecule has 0 radical (unpaired) electrons. The van der Waals surface area contributed by atoms with Gasteiger partial charge in [-0.1, -0.05) is 18.2 Å². The molecule has 5 nitrogen and oxygen atoms in total. The van der Waals surface area contributed by atoms with E-state index >= 15 is 0 Å². The zero-order valence-electron chi connectivity index (χ0n) is 11.3. The fraction of sp³-hybridized carbons (Fsp3) is 0.400. The quantitative estimate of drug-likeness (QED) is 0.804. The molecule has 3 rings (SSSR count). The summed E-state index contributed by atoms with van der Waals surface area (Å²) in [5.41, 5.74) is 2.33. The van der Waals surface area contributed by atoms with E-state index in [-0.39, 0.29) is 0 Å². The summed E-state index contributed by atoms with van der Waals surface area (Å²) in [6.45, 7) is 2.05. The highest BCUT2D eigenvalue weighted by molar-refractivity contribution is 5.80. The third-order valence-corrected chi connectivity index (χ3v) is 3.93. The van der Waals surface area contributed by atoms with Crippen LogP contribution in [0.25, 0.3) is 10.9 Å². The van der Waals surface area contributed by atoms with E-state index < -0.39 is 6.09 Å². The Morgan fingerprint density at radius 1 is 1.35 bits per heavy atom. The second kappa shape index (κ2) is 5.54. The number of carboxylic acid groups (broad SMARTS) is 1. The van der Waals surface area contributed by atoms with Crippen LogP contribution in [0.4, 0.5) is 4.79 Å². The molecular formula is C15H19N3O2. The van der Waals surface area contributed by atoms with Crippen LogP contribution in [-0.4, -0.2) is 40.2 Å². The molecule has 1 saturated heterocycles. The minimum atomic E-state index is -0.806. The van der Waals surface area contributed by atoms with Crippen molar-refractivity contribution in [3.05, 3.63) is 36.0 Å². The monoisotopic (exact) mass is 273 g/mol. The van der Waals surface area contributed by atoms with Gasteiger partial charge in [0.2, 0.25) is 0 Å². The van der Waals surface area contributed by atoms with Crippen molar-refractivity contribution in [3.8, 4) is 0 Å². The SMILES string of the molecule is O=C(O)N1CCC(NCc2cc3ccccc3[nH]2)CC1. The van der Waals surface area contributed by atoms with Crippen molar-refractivity contribution >= 4 is 17.0 Å². The molecule has 106 valence electrons. The lowest BCUT2D eigenvalue weighted by Crippen LogP contribution is -2.44. The molecule has 0 aliphatic carbocycles. The molecule has 1 fully saturated rings. The third-order valence-electron chi connectivity index (χ3n) is 3.93. The molecule has 0 unspecified atom stereocenters. The van der Waals surface area contributed by atoms with E-state index in [1.807, 2.05) is 12.1 Å². The van der Waals surface area contributed by atoms with E-state index in [2.05, 4.69) is 28.5 Å². The van der Waals surface area contributed by atoms with Gasteiger partial charge in [0.1, 0.15) is 0 Å². The molecule has 2 aromatic rings. The predicted molar refractivity (Wildman–Crippen MR) is 77.8 cm³/mol. The van der Waals surface area contributed by atoms with Crippen LogP contribution in [-0.2, 0) is 6.54 Å². The number of nitrogens with zero attached hydrogens (tertiary/aromatic N) is 1. The average molecular weight is 273 g/mol. The summed E-state index contributed by atoms with van der Waals surface area (Å²) in [7, 11) is 0. The number of carbonyl (C=O) groups is 1. The number of benzene rings is 1. The van der Waals surface area contributed by atoms with Gasteiger partial charge in [0.05, 0.1) is 0 Å². The van der Waals surface area contributed by atoms with E-state index in [9.17, 15) is 4.79 Å². The molecule has 1 amide bonds. The summed E-state index contributed by atoms with van der Waals surface area (Å²) in [5, 5.41) is 13.6. The number of nitrogens with one attached hydrogen (secondary N) is 2. The van der Waals surface area contributed by atoms with Crippen LogP contribution >= 0.6 is 0 Å². The maximum atomic E-state index is 10.8. The summed E-state index contributed by atoms with van der Waals surface area (Å²) in [6.07, 6.45) is 0.957. The third kappa shape index (κ3) is 2.77. The molecule has 1 aliphatic heterocycles. The first-order valence-electron chi connectivity index (χ1n) is 7.00. The maximum Gasteiger partial charge on any atom is 0.407 e. The zero-order valence-corrected chi connectivity index (χ0v) is 11.3. The second-order valence-electron chi connectivity index (χ2n) is 5.31. The maximum absolute atomic E-state index is 10.8. The van der Waals surface area contributed by atoms with Crippen molar-refractivity contribution < 1.29 is 9.90 Å². The number of para-hydroxylation sites is 1. The van der Waals surface area contributed by atoms with Crippen LogP contribution in [0, 0.1) is 0 Å². The van der Waals surface area contributed by atoms with Gasteiger partial charge in [-0.25, -0.2) is 4.79 Å². The van der Waals surface area contributed by atoms with Crippen molar-refractivity contribution in [1.82, 2.24) is 15.2 Å². The smallest absolute Gasteiger partial charge is 0.407 e. The molecule has 20 heavy (non-hydrogen) atoms. The van der Waals surface area contributed by atoms with Gasteiger partial charge in [0.25, 0.3) is 0 Å². The van der Waals surface area contributed by atoms with Crippen LogP contribution in [0.15, 0.2) is 30.3 Å². The summed E-state index contributed by atoms with van der Waals surface area (Å²) >= 11 is 0. The first-order valence-corrected chi connectivity index (χ1v) is 7.00. The standard InChI is InChI=1S/C15H19N3O2/c19-15(20)18-7-5-12(6-8-18)16-10-13-9-11-3-1-2-4-14(11)17-13/h1-4,9,12,16-17H,5-8,10H2,(H,19,20). The lowest BCUT2D eigenvalue weighted by molar-refractivity contribution is 0.129. The number of amides is 1. The Kier molecular flexibility index (Phi) is 3.60. The number of hydrogen-bond acceptors (Lipinski definition) is 2. The molecule has 2 heterocycles. The Balaban J connectivity index is 1.54. The van der Waals surface area contributed by atoms with E-state index in [1.165, 1.54) is 16.0 Å². The number of H-pyrrole nitrogens is 1. The molecule has 3 N–H and O–H groups in total. The number of hydrogen-bond donors (Lipinski definition) is 3. The molecule has 0 atom stereocenters. The lowest BCUT2D eigenvalue weighted by atomic mass is 10.1. The first-order chi connectivity index (χ1) is 9.72. The number of aromatic nitrogens is 1. The molecule has 1 aromatic carbocycles. The van der Waals surface area contributed by atoms with Crippen molar-refractivity contribution in [2.75, 3.05) is 13.1 Å². The Bertz CT molecular complexity index is 567. The van der Waals surface area contributed by atoms with Gasteiger partial charge < -0.3 is 20.3 Å². The summed E-state index contributed by atoms with van der Waals surface area (Å²) in [5.74, 6) is 0. The molecule has 0 bridgehead atoms. The van der Waals surface area contributed by atoms with Crippen molar-refractivity contribution in [1.29, 1.82) is 0 Å². The molecular weight excluding hydrogens is 254 g/mol. The highest BCUT2D eigenvalue weighted by atomic mass is 16.4. The highest BCUT2D eigenvalue weighted by Gasteiger charge is 2.21. The zero-order chi connectivity index (χ0) is 13.9. The minimum Gasteiger partial charge on any atom is -0.465 e. The minimum absolute atomic E-state index is 0.400. The van der Waals surface area contributed by atoms with E-state index in [1.54, 1.807) is 0 Å². The van der Waals surface area contributed by atoms with Crippen molar-refractivity contribution in [2.24, 2.45) is 0 Å².